The summed E-state index contributed by atoms with van der Waals surface area (Å²) in [5.74, 6) is 1.11. The third-order valence-corrected chi connectivity index (χ3v) is 4.57. The summed E-state index contributed by atoms with van der Waals surface area (Å²) in [5.41, 5.74) is 0.680. The van der Waals surface area contributed by atoms with Gasteiger partial charge >= 0.3 is 0 Å². The van der Waals surface area contributed by atoms with E-state index in [1.807, 2.05) is 13.0 Å². The van der Waals surface area contributed by atoms with Crippen LogP contribution in [-0.4, -0.2) is 20.3 Å². The second-order valence-corrected chi connectivity index (χ2v) is 7.05. The van der Waals surface area contributed by atoms with Gasteiger partial charge in [0.2, 0.25) is 0 Å². The van der Waals surface area contributed by atoms with Gasteiger partial charge in [-0.1, -0.05) is 26.0 Å². The van der Waals surface area contributed by atoms with Gasteiger partial charge in [0.1, 0.15) is 5.84 Å². The van der Waals surface area contributed by atoms with Crippen molar-refractivity contribution >= 4 is 15.9 Å². The maximum Gasteiger partial charge on any atom is 0.263 e. The van der Waals surface area contributed by atoms with Gasteiger partial charge in [-0.15, -0.1) is 0 Å². The van der Waals surface area contributed by atoms with E-state index in [1.165, 1.54) is 0 Å². The van der Waals surface area contributed by atoms with Crippen LogP contribution in [0.4, 0.5) is 0 Å². The van der Waals surface area contributed by atoms with Crippen molar-refractivity contribution in [2.45, 2.75) is 44.6 Å². The SMILES string of the molecule is CC(C)CCC(C)N=C1NS(=O)(=O)c2ccccc21. The molecule has 1 aliphatic rings. The summed E-state index contributed by atoms with van der Waals surface area (Å²) in [5, 5.41) is 0. The van der Waals surface area contributed by atoms with E-state index < -0.39 is 10.0 Å². The van der Waals surface area contributed by atoms with Gasteiger partial charge in [-0.05, 0) is 37.8 Å². The third-order valence-electron chi connectivity index (χ3n) is 3.17. The van der Waals surface area contributed by atoms with Crippen molar-refractivity contribution in [3.63, 3.8) is 0 Å². The summed E-state index contributed by atoms with van der Waals surface area (Å²) in [6.07, 6.45) is 2.05. The molecule has 0 bridgehead atoms. The first-order chi connectivity index (χ1) is 8.90. The molecule has 4 nitrogen and oxygen atoms in total. The number of amidine groups is 1. The van der Waals surface area contributed by atoms with E-state index >= 15 is 0 Å². The molecule has 1 atom stereocenters. The first-order valence-electron chi connectivity index (χ1n) is 6.60. The van der Waals surface area contributed by atoms with Crippen LogP contribution in [0.3, 0.4) is 0 Å². The zero-order valence-electron chi connectivity index (χ0n) is 11.6. The van der Waals surface area contributed by atoms with Crippen LogP contribution >= 0.6 is 0 Å². The molecule has 0 aliphatic carbocycles. The number of sulfonamides is 1. The number of hydrogen-bond acceptors (Lipinski definition) is 3. The smallest absolute Gasteiger partial charge is 0.263 e. The Morgan fingerprint density at radius 3 is 2.53 bits per heavy atom. The molecule has 1 aromatic rings. The standard InChI is InChI=1S/C14H20N2O2S/c1-10(2)8-9-11(3)15-14-12-6-4-5-7-13(12)19(17,18)16-14/h4-7,10-11H,8-9H2,1-3H3,(H,15,16). The Bertz CT molecular complexity index is 591. The molecular weight excluding hydrogens is 260 g/mol. The maximum atomic E-state index is 11.9. The maximum absolute atomic E-state index is 11.9. The Morgan fingerprint density at radius 2 is 1.84 bits per heavy atom. The molecule has 0 amide bonds. The van der Waals surface area contributed by atoms with Crippen LogP contribution in [0.5, 0.6) is 0 Å². The highest BCUT2D eigenvalue weighted by Gasteiger charge is 2.30. The Hall–Kier alpha value is -1.36. The molecule has 0 saturated heterocycles. The van der Waals surface area contributed by atoms with Crippen molar-refractivity contribution in [2.24, 2.45) is 10.9 Å². The number of nitrogens with zero attached hydrogens (tertiary/aromatic N) is 1. The van der Waals surface area contributed by atoms with Crippen LogP contribution in [0.1, 0.15) is 39.2 Å². The third kappa shape index (κ3) is 3.15. The molecule has 0 radical (unpaired) electrons. The zero-order valence-corrected chi connectivity index (χ0v) is 12.4. The minimum Gasteiger partial charge on any atom is -0.264 e. The topological polar surface area (TPSA) is 58.5 Å². The van der Waals surface area contributed by atoms with Crippen LogP contribution in [0.2, 0.25) is 0 Å². The van der Waals surface area contributed by atoms with E-state index in [2.05, 4.69) is 23.6 Å². The average Bonchev–Trinajstić information content (AvgIpc) is 2.59. The van der Waals surface area contributed by atoms with Gasteiger partial charge in [0.15, 0.2) is 0 Å². The largest absolute Gasteiger partial charge is 0.264 e. The summed E-state index contributed by atoms with van der Waals surface area (Å²) in [6.45, 7) is 6.37. The van der Waals surface area contributed by atoms with Crippen molar-refractivity contribution in [1.82, 2.24) is 4.72 Å². The summed E-state index contributed by atoms with van der Waals surface area (Å²) in [4.78, 5) is 4.84. The van der Waals surface area contributed by atoms with Crippen molar-refractivity contribution in [2.75, 3.05) is 0 Å². The monoisotopic (exact) mass is 280 g/mol. The van der Waals surface area contributed by atoms with E-state index in [4.69, 9.17) is 0 Å². The molecule has 1 heterocycles. The average molecular weight is 280 g/mol. The van der Waals surface area contributed by atoms with E-state index in [9.17, 15) is 8.42 Å². The predicted octanol–water partition coefficient (Wildman–Crippen LogP) is 2.55. The number of rotatable bonds is 4. The van der Waals surface area contributed by atoms with Crippen molar-refractivity contribution < 1.29 is 8.42 Å². The molecule has 104 valence electrons. The van der Waals surface area contributed by atoms with Gasteiger partial charge in [-0.2, -0.15) is 0 Å². The summed E-state index contributed by atoms with van der Waals surface area (Å²) >= 11 is 0. The number of aliphatic imine (C=N–C) groups is 1. The highest BCUT2D eigenvalue weighted by molar-refractivity contribution is 7.90. The lowest BCUT2D eigenvalue weighted by atomic mass is 10.0. The molecule has 0 fully saturated rings. The fourth-order valence-corrected chi connectivity index (χ4v) is 3.33. The molecule has 1 aliphatic heterocycles. The zero-order chi connectivity index (χ0) is 14.0. The molecule has 0 spiro atoms. The lowest BCUT2D eigenvalue weighted by molar-refractivity contribution is 0.515. The molecule has 1 unspecified atom stereocenters. The van der Waals surface area contributed by atoms with Gasteiger partial charge < -0.3 is 0 Å². The van der Waals surface area contributed by atoms with Crippen LogP contribution in [0.25, 0.3) is 0 Å². The Kier molecular flexibility index (Phi) is 3.94. The van der Waals surface area contributed by atoms with Crippen molar-refractivity contribution in [3.05, 3.63) is 29.8 Å². The second kappa shape index (κ2) is 5.33. The van der Waals surface area contributed by atoms with Crippen LogP contribution in [-0.2, 0) is 10.0 Å². The summed E-state index contributed by atoms with van der Waals surface area (Å²) in [6, 6.07) is 7.07. The molecule has 5 heteroatoms. The molecule has 1 aromatic carbocycles. The second-order valence-electron chi connectivity index (χ2n) is 5.40. The van der Waals surface area contributed by atoms with Crippen molar-refractivity contribution in [1.29, 1.82) is 0 Å². The lowest BCUT2D eigenvalue weighted by Gasteiger charge is -2.09. The van der Waals surface area contributed by atoms with Gasteiger partial charge in [0, 0.05) is 11.6 Å². The van der Waals surface area contributed by atoms with E-state index in [1.54, 1.807) is 18.2 Å². The van der Waals surface area contributed by atoms with Crippen LogP contribution < -0.4 is 4.72 Å². The molecule has 2 rings (SSSR count). The minimum atomic E-state index is -3.41. The van der Waals surface area contributed by atoms with E-state index in [0.717, 1.165) is 12.8 Å². The van der Waals surface area contributed by atoms with E-state index in [0.29, 0.717) is 22.2 Å². The first kappa shape index (κ1) is 14.1. The van der Waals surface area contributed by atoms with Gasteiger partial charge in [0.05, 0.1) is 4.90 Å². The highest BCUT2D eigenvalue weighted by atomic mass is 32.2. The summed E-state index contributed by atoms with van der Waals surface area (Å²) < 4.78 is 26.4. The van der Waals surface area contributed by atoms with Crippen LogP contribution in [0, 0.1) is 5.92 Å². The number of fused-ring (bicyclic) bond motifs is 1. The quantitative estimate of drug-likeness (QED) is 0.921. The normalized spacial score (nSPS) is 20.3. The van der Waals surface area contributed by atoms with Gasteiger partial charge in [0.25, 0.3) is 10.0 Å². The molecule has 1 N–H and O–H groups in total. The van der Waals surface area contributed by atoms with Crippen LogP contribution in [0.15, 0.2) is 34.2 Å². The summed E-state index contributed by atoms with van der Waals surface area (Å²) in [7, 11) is -3.41. The Balaban J connectivity index is 2.24. The van der Waals surface area contributed by atoms with Crippen molar-refractivity contribution in [3.8, 4) is 0 Å². The first-order valence-corrected chi connectivity index (χ1v) is 8.08. The molecular formula is C14H20N2O2S. The van der Waals surface area contributed by atoms with Gasteiger partial charge in [-0.3, -0.25) is 9.71 Å². The predicted molar refractivity (Wildman–Crippen MR) is 76.8 cm³/mol. The molecule has 19 heavy (non-hydrogen) atoms. The van der Waals surface area contributed by atoms with E-state index in [-0.39, 0.29) is 6.04 Å². The number of hydrogen-bond donors (Lipinski definition) is 1. The highest BCUT2D eigenvalue weighted by Crippen LogP contribution is 2.23. The Labute approximate surface area is 115 Å². The number of nitrogens with one attached hydrogen (secondary N) is 1. The fraction of sp³-hybridized carbons (Fsp3) is 0.500. The fourth-order valence-electron chi connectivity index (χ4n) is 2.09. The molecule has 0 saturated carbocycles. The lowest BCUT2D eigenvalue weighted by Crippen LogP contribution is -2.23. The van der Waals surface area contributed by atoms with Gasteiger partial charge in [-0.25, -0.2) is 8.42 Å². The number of benzene rings is 1. The minimum absolute atomic E-state index is 0.117. The Morgan fingerprint density at radius 1 is 1.16 bits per heavy atom. The molecule has 0 aromatic heterocycles.